The van der Waals surface area contributed by atoms with Crippen LogP contribution < -0.4 is 5.56 Å². The third kappa shape index (κ3) is 2.79. The van der Waals surface area contributed by atoms with Crippen molar-refractivity contribution >= 4 is 17.6 Å². The molecule has 1 aromatic rings. The summed E-state index contributed by atoms with van der Waals surface area (Å²) in [5.74, 6) is -1.56. The standard InChI is InChI=1S/C9H8ClF2NO3/c10-3-6-5(8(11)12)1-4(2-7(14)15)13-9(6)16/h1,8H,2-3H2,(H,13,16)(H,14,15). The van der Waals surface area contributed by atoms with Crippen LogP contribution >= 0.6 is 11.6 Å². The van der Waals surface area contributed by atoms with E-state index in [4.69, 9.17) is 16.7 Å². The van der Waals surface area contributed by atoms with E-state index in [-0.39, 0.29) is 17.1 Å². The zero-order chi connectivity index (χ0) is 12.3. The molecule has 0 aromatic carbocycles. The number of aromatic nitrogens is 1. The molecular weight excluding hydrogens is 244 g/mol. The first-order valence-electron chi connectivity index (χ1n) is 4.26. The number of hydrogen-bond donors (Lipinski definition) is 2. The number of hydrogen-bond acceptors (Lipinski definition) is 2. The van der Waals surface area contributed by atoms with Gasteiger partial charge in [0.1, 0.15) is 0 Å². The summed E-state index contributed by atoms with van der Waals surface area (Å²) in [7, 11) is 0. The number of carboxylic acid groups (broad SMARTS) is 1. The number of H-pyrrole nitrogens is 1. The molecule has 7 heteroatoms. The number of carbonyl (C=O) groups is 1. The fourth-order valence-corrected chi connectivity index (χ4v) is 1.53. The second kappa shape index (κ2) is 5.07. The molecule has 2 N–H and O–H groups in total. The first-order valence-corrected chi connectivity index (χ1v) is 4.80. The van der Waals surface area contributed by atoms with Crippen LogP contribution in [0.5, 0.6) is 0 Å². The number of halogens is 3. The molecule has 0 saturated heterocycles. The van der Waals surface area contributed by atoms with Gasteiger partial charge in [0.25, 0.3) is 12.0 Å². The Balaban J connectivity index is 3.28. The maximum atomic E-state index is 12.6. The molecule has 0 saturated carbocycles. The van der Waals surface area contributed by atoms with E-state index in [9.17, 15) is 18.4 Å². The first kappa shape index (κ1) is 12.6. The van der Waals surface area contributed by atoms with Crippen LogP contribution in [0.25, 0.3) is 0 Å². The predicted molar refractivity (Wildman–Crippen MR) is 52.9 cm³/mol. The third-order valence-electron chi connectivity index (χ3n) is 1.94. The minimum Gasteiger partial charge on any atom is -0.481 e. The molecule has 0 unspecified atom stereocenters. The van der Waals surface area contributed by atoms with Gasteiger partial charge < -0.3 is 10.1 Å². The molecule has 0 atom stereocenters. The molecule has 1 aromatic heterocycles. The van der Waals surface area contributed by atoms with Gasteiger partial charge in [-0.25, -0.2) is 8.78 Å². The summed E-state index contributed by atoms with van der Waals surface area (Å²) < 4.78 is 25.1. The van der Waals surface area contributed by atoms with Gasteiger partial charge in [0.15, 0.2) is 0 Å². The van der Waals surface area contributed by atoms with Crippen LogP contribution in [0, 0.1) is 0 Å². The van der Waals surface area contributed by atoms with Crippen molar-refractivity contribution in [3.63, 3.8) is 0 Å². The Morgan fingerprint density at radius 2 is 2.19 bits per heavy atom. The highest BCUT2D eigenvalue weighted by molar-refractivity contribution is 6.17. The molecule has 0 aliphatic carbocycles. The molecule has 0 aliphatic heterocycles. The van der Waals surface area contributed by atoms with Crippen LogP contribution in [0.2, 0.25) is 0 Å². The fourth-order valence-electron chi connectivity index (χ4n) is 1.25. The third-order valence-corrected chi connectivity index (χ3v) is 2.20. The number of rotatable bonds is 4. The van der Waals surface area contributed by atoms with Gasteiger partial charge in [-0.1, -0.05) is 0 Å². The molecule has 1 rings (SSSR count). The predicted octanol–water partition coefficient (Wildman–Crippen LogP) is 1.68. The number of alkyl halides is 3. The van der Waals surface area contributed by atoms with Gasteiger partial charge in [0.2, 0.25) is 0 Å². The van der Waals surface area contributed by atoms with Crippen molar-refractivity contribution in [1.29, 1.82) is 0 Å². The highest BCUT2D eigenvalue weighted by Gasteiger charge is 2.17. The average Bonchev–Trinajstić information content (AvgIpc) is 2.15. The van der Waals surface area contributed by atoms with Crippen LogP contribution in [0.4, 0.5) is 8.78 Å². The van der Waals surface area contributed by atoms with Gasteiger partial charge in [-0.15, -0.1) is 11.6 Å². The summed E-state index contributed by atoms with van der Waals surface area (Å²) in [5.41, 5.74) is -1.59. The Morgan fingerprint density at radius 3 is 2.62 bits per heavy atom. The topological polar surface area (TPSA) is 70.2 Å². The molecule has 16 heavy (non-hydrogen) atoms. The summed E-state index contributed by atoms with van der Waals surface area (Å²) in [6.07, 6.45) is -3.37. The van der Waals surface area contributed by atoms with Crippen molar-refractivity contribution in [1.82, 2.24) is 4.98 Å². The van der Waals surface area contributed by atoms with E-state index < -0.39 is 29.9 Å². The van der Waals surface area contributed by atoms with Crippen molar-refractivity contribution in [2.24, 2.45) is 0 Å². The molecule has 1 heterocycles. The quantitative estimate of drug-likeness (QED) is 0.800. The minimum absolute atomic E-state index is 0.0679. The Morgan fingerprint density at radius 1 is 1.56 bits per heavy atom. The van der Waals surface area contributed by atoms with Gasteiger partial charge in [-0.05, 0) is 6.07 Å². The average molecular weight is 252 g/mol. The van der Waals surface area contributed by atoms with Gasteiger partial charge in [0.05, 0.1) is 12.3 Å². The minimum atomic E-state index is -2.86. The molecule has 0 fully saturated rings. The lowest BCUT2D eigenvalue weighted by Crippen LogP contribution is -2.18. The number of pyridine rings is 1. The second-order valence-electron chi connectivity index (χ2n) is 3.06. The van der Waals surface area contributed by atoms with E-state index in [1.54, 1.807) is 0 Å². The van der Waals surface area contributed by atoms with Crippen molar-refractivity contribution in [3.8, 4) is 0 Å². The maximum absolute atomic E-state index is 12.6. The SMILES string of the molecule is O=C(O)Cc1cc(C(F)F)c(CCl)c(=O)[nH]1. The monoisotopic (exact) mass is 251 g/mol. The second-order valence-corrected chi connectivity index (χ2v) is 3.33. The number of aromatic amines is 1. The van der Waals surface area contributed by atoms with Crippen molar-refractivity contribution in [3.05, 3.63) is 33.2 Å². The largest absolute Gasteiger partial charge is 0.481 e. The molecule has 0 amide bonds. The Hall–Kier alpha value is -1.43. The lowest BCUT2D eigenvalue weighted by atomic mass is 10.1. The van der Waals surface area contributed by atoms with E-state index in [2.05, 4.69) is 4.98 Å². The highest BCUT2D eigenvalue weighted by Crippen LogP contribution is 2.22. The summed E-state index contributed by atoms with van der Waals surface area (Å²) in [5, 5.41) is 8.48. The first-order chi connectivity index (χ1) is 7.45. The molecule has 0 bridgehead atoms. The van der Waals surface area contributed by atoms with Gasteiger partial charge in [-0.3, -0.25) is 9.59 Å². The van der Waals surface area contributed by atoms with Crippen molar-refractivity contribution in [2.75, 3.05) is 0 Å². The van der Waals surface area contributed by atoms with Crippen molar-refractivity contribution < 1.29 is 18.7 Å². The van der Waals surface area contributed by atoms with Gasteiger partial charge >= 0.3 is 5.97 Å². The zero-order valence-corrected chi connectivity index (χ0v) is 8.72. The highest BCUT2D eigenvalue weighted by atomic mass is 35.5. The number of carboxylic acids is 1. The Labute approximate surface area is 93.9 Å². The molecular formula is C9H8ClF2NO3. The summed E-state index contributed by atoms with van der Waals surface area (Å²) in [6.45, 7) is 0. The lowest BCUT2D eigenvalue weighted by Gasteiger charge is -2.07. The van der Waals surface area contributed by atoms with E-state index >= 15 is 0 Å². The molecule has 0 aliphatic rings. The number of aliphatic carboxylic acids is 1. The van der Waals surface area contributed by atoms with Crippen LogP contribution in [0.3, 0.4) is 0 Å². The maximum Gasteiger partial charge on any atom is 0.309 e. The summed E-state index contributed by atoms with van der Waals surface area (Å²) >= 11 is 5.37. The van der Waals surface area contributed by atoms with Gasteiger partial charge in [0, 0.05) is 16.8 Å². The Kier molecular flexibility index (Phi) is 4.00. The van der Waals surface area contributed by atoms with E-state index in [1.807, 2.05) is 0 Å². The fraction of sp³-hybridized carbons (Fsp3) is 0.333. The van der Waals surface area contributed by atoms with E-state index in [0.717, 1.165) is 6.07 Å². The molecule has 88 valence electrons. The summed E-state index contributed by atoms with van der Waals surface area (Å²) in [4.78, 5) is 23.9. The molecule has 0 spiro atoms. The van der Waals surface area contributed by atoms with Crippen LogP contribution in [-0.2, 0) is 17.1 Å². The lowest BCUT2D eigenvalue weighted by molar-refractivity contribution is -0.136. The molecule has 0 radical (unpaired) electrons. The van der Waals surface area contributed by atoms with Crippen LogP contribution in [-0.4, -0.2) is 16.1 Å². The zero-order valence-electron chi connectivity index (χ0n) is 7.97. The van der Waals surface area contributed by atoms with Crippen molar-refractivity contribution in [2.45, 2.75) is 18.7 Å². The van der Waals surface area contributed by atoms with E-state index in [1.165, 1.54) is 0 Å². The van der Waals surface area contributed by atoms with Crippen LogP contribution in [0.15, 0.2) is 10.9 Å². The number of nitrogens with one attached hydrogen (secondary N) is 1. The normalized spacial score (nSPS) is 10.8. The van der Waals surface area contributed by atoms with Gasteiger partial charge in [-0.2, -0.15) is 0 Å². The summed E-state index contributed by atoms with van der Waals surface area (Å²) in [6, 6.07) is 0.956. The smallest absolute Gasteiger partial charge is 0.309 e. The molecule has 4 nitrogen and oxygen atoms in total. The Bertz CT molecular complexity index is 459. The van der Waals surface area contributed by atoms with Crippen LogP contribution in [0.1, 0.15) is 23.2 Å². The van der Waals surface area contributed by atoms with E-state index in [0.29, 0.717) is 0 Å².